The van der Waals surface area contributed by atoms with Crippen LogP contribution >= 0.6 is 11.6 Å². The molecule has 2 aromatic carbocycles. The molecule has 3 rings (SSSR count). The quantitative estimate of drug-likeness (QED) is 0.653. The molecule has 0 spiro atoms. The van der Waals surface area contributed by atoms with E-state index in [1.165, 1.54) is 6.07 Å². The molecule has 0 saturated heterocycles. The largest absolute Gasteiger partial charge is 0.489 e. The first kappa shape index (κ1) is 16.9. The van der Waals surface area contributed by atoms with E-state index in [4.69, 9.17) is 16.3 Å². The maximum Gasteiger partial charge on any atom is 0.327 e. The van der Waals surface area contributed by atoms with Crippen molar-refractivity contribution >= 4 is 23.1 Å². The van der Waals surface area contributed by atoms with Gasteiger partial charge in [0.05, 0.1) is 0 Å². The summed E-state index contributed by atoms with van der Waals surface area (Å²) in [5, 5.41) is 3.67. The molecule has 128 valence electrons. The molecule has 1 aromatic heterocycles. The average Bonchev–Trinajstić information content (AvgIpc) is 2.55. The summed E-state index contributed by atoms with van der Waals surface area (Å²) in [5.41, 5.74) is 1.53. The molecule has 0 aliphatic heterocycles. The van der Waals surface area contributed by atoms with Gasteiger partial charge >= 0.3 is 5.69 Å². The predicted molar refractivity (Wildman–Crippen MR) is 97.9 cm³/mol. The molecule has 3 aromatic rings. The summed E-state index contributed by atoms with van der Waals surface area (Å²) >= 11 is 6.12. The monoisotopic (exact) mass is 357 g/mol. The number of anilines is 2. The summed E-state index contributed by atoms with van der Waals surface area (Å²) in [5.74, 6) is 1.02. The molecule has 0 aliphatic rings. The molecule has 0 radical (unpaired) electrons. The zero-order chi connectivity index (χ0) is 17.8. The normalized spacial score (nSPS) is 10.5. The van der Waals surface area contributed by atoms with Gasteiger partial charge in [-0.3, -0.25) is 14.8 Å². The highest BCUT2D eigenvalue weighted by atomic mass is 35.5. The Labute approximate surface area is 148 Å². The van der Waals surface area contributed by atoms with Crippen molar-refractivity contribution < 1.29 is 4.74 Å². The lowest BCUT2D eigenvalue weighted by atomic mass is 10.2. The van der Waals surface area contributed by atoms with Crippen molar-refractivity contribution in [1.29, 1.82) is 0 Å². The third kappa shape index (κ3) is 4.30. The molecular formula is C18H16ClN3O3. The van der Waals surface area contributed by atoms with Crippen molar-refractivity contribution in [2.45, 2.75) is 13.5 Å². The fourth-order valence-electron chi connectivity index (χ4n) is 2.32. The number of aromatic nitrogens is 2. The van der Waals surface area contributed by atoms with Crippen molar-refractivity contribution in [2.24, 2.45) is 0 Å². The number of rotatable bonds is 5. The van der Waals surface area contributed by atoms with Crippen molar-refractivity contribution in [3.05, 3.63) is 85.5 Å². The maximum absolute atomic E-state index is 11.3. The Kier molecular flexibility index (Phi) is 4.90. The Hall–Kier alpha value is -2.99. The Morgan fingerprint density at radius 2 is 1.88 bits per heavy atom. The lowest BCUT2D eigenvalue weighted by Crippen LogP contribution is -2.22. The van der Waals surface area contributed by atoms with Crippen LogP contribution in [0.25, 0.3) is 0 Å². The van der Waals surface area contributed by atoms with Gasteiger partial charge in [-0.1, -0.05) is 29.8 Å². The van der Waals surface area contributed by atoms with Gasteiger partial charge in [0.15, 0.2) is 0 Å². The van der Waals surface area contributed by atoms with E-state index in [-0.39, 0.29) is 0 Å². The van der Waals surface area contributed by atoms with Crippen LogP contribution in [0.2, 0.25) is 5.02 Å². The molecule has 0 fully saturated rings. The first-order valence-electron chi connectivity index (χ1n) is 7.59. The number of hydrogen-bond acceptors (Lipinski definition) is 4. The second-order valence-corrected chi connectivity index (χ2v) is 5.89. The van der Waals surface area contributed by atoms with Gasteiger partial charge in [0.1, 0.15) is 18.2 Å². The number of H-pyrrole nitrogens is 2. The van der Waals surface area contributed by atoms with E-state index >= 15 is 0 Å². The summed E-state index contributed by atoms with van der Waals surface area (Å²) in [6.45, 7) is 2.27. The van der Waals surface area contributed by atoms with E-state index in [0.717, 1.165) is 16.8 Å². The van der Waals surface area contributed by atoms with Crippen molar-refractivity contribution in [2.75, 3.05) is 5.32 Å². The standard InChI is InChI=1S/C18H16ClN3O3/c1-11-8-13(25-10-12-4-2-3-5-14(12)19)6-7-15(11)20-16-9-17(23)22-18(24)21-16/h2-9H,10H2,1H3,(H3,20,21,22,23,24). The van der Waals surface area contributed by atoms with Crippen molar-refractivity contribution in [3.63, 3.8) is 0 Å². The number of hydrogen-bond donors (Lipinski definition) is 3. The van der Waals surface area contributed by atoms with Gasteiger partial charge in [0.2, 0.25) is 0 Å². The summed E-state index contributed by atoms with van der Waals surface area (Å²) < 4.78 is 5.77. The molecule has 0 unspecified atom stereocenters. The first-order chi connectivity index (χ1) is 12.0. The van der Waals surface area contributed by atoms with Gasteiger partial charge < -0.3 is 10.1 Å². The van der Waals surface area contributed by atoms with E-state index in [1.807, 2.05) is 43.3 Å². The maximum atomic E-state index is 11.3. The van der Waals surface area contributed by atoms with Crippen LogP contribution in [0.4, 0.5) is 11.5 Å². The van der Waals surface area contributed by atoms with Gasteiger partial charge in [-0.05, 0) is 36.8 Å². The summed E-state index contributed by atoms with van der Waals surface area (Å²) in [6, 6.07) is 14.3. The number of nitrogens with one attached hydrogen (secondary N) is 3. The van der Waals surface area contributed by atoms with E-state index in [2.05, 4.69) is 15.3 Å². The molecule has 0 bridgehead atoms. The Bertz CT molecular complexity index is 982. The molecule has 1 heterocycles. The second kappa shape index (κ2) is 7.27. The summed E-state index contributed by atoms with van der Waals surface area (Å²) in [7, 11) is 0. The highest BCUT2D eigenvalue weighted by Crippen LogP contribution is 2.25. The fraction of sp³-hybridized carbons (Fsp3) is 0.111. The van der Waals surface area contributed by atoms with E-state index < -0.39 is 11.2 Å². The highest BCUT2D eigenvalue weighted by molar-refractivity contribution is 6.31. The minimum atomic E-state index is -0.563. The van der Waals surface area contributed by atoms with Gasteiger partial charge in [-0.2, -0.15) is 0 Å². The molecule has 0 saturated carbocycles. The third-order valence-electron chi connectivity index (χ3n) is 3.58. The van der Waals surface area contributed by atoms with E-state index in [9.17, 15) is 9.59 Å². The fourth-order valence-corrected chi connectivity index (χ4v) is 2.51. The number of aryl methyl sites for hydroxylation is 1. The summed E-state index contributed by atoms with van der Waals surface area (Å²) in [6.07, 6.45) is 0. The molecule has 0 aliphatic carbocycles. The zero-order valence-corrected chi connectivity index (χ0v) is 14.2. The lowest BCUT2D eigenvalue weighted by Gasteiger charge is -2.12. The SMILES string of the molecule is Cc1cc(OCc2ccccc2Cl)ccc1Nc1cc(=O)[nH]c(=O)[nH]1. The van der Waals surface area contributed by atoms with Gasteiger partial charge in [-0.25, -0.2) is 4.79 Å². The van der Waals surface area contributed by atoms with Crippen LogP contribution in [-0.2, 0) is 6.61 Å². The molecule has 0 atom stereocenters. The summed E-state index contributed by atoms with van der Waals surface area (Å²) in [4.78, 5) is 27.3. The average molecular weight is 358 g/mol. The number of benzene rings is 2. The lowest BCUT2D eigenvalue weighted by molar-refractivity contribution is 0.306. The highest BCUT2D eigenvalue weighted by Gasteiger charge is 2.05. The van der Waals surface area contributed by atoms with Gasteiger partial charge in [-0.15, -0.1) is 0 Å². The van der Waals surface area contributed by atoms with Crippen LogP contribution in [-0.4, -0.2) is 9.97 Å². The van der Waals surface area contributed by atoms with Crippen LogP contribution in [0.3, 0.4) is 0 Å². The molecule has 0 amide bonds. The Morgan fingerprint density at radius 3 is 2.60 bits per heavy atom. The van der Waals surface area contributed by atoms with Crippen LogP contribution in [0.5, 0.6) is 5.75 Å². The smallest absolute Gasteiger partial charge is 0.327 e. The van der Waals surface area contributed by atoms with Crippen LogP contribution in [0.15, 0.2) is 58.1 Å². The topological polar surface area (TPSA) is 87.0 Å². The second-order valence-electron chi connectivity index (χ2n) is 5.48. The molecule has 7 heteroatoms. The van der Waals surface area contributed by atoms with Gasteiger partial charge in [0.25, 0.3) is 5.56 Å². The van der Waals surface area contributed by atoms with Crippen molar-refractivity contribution in [1.82, 2.24) is 9.97 Å². The number of aromatic amines is 2. The van der Waals surface area contributed by atoms with Crippen LogP contribution < -0.4 is 21.3 Å². The minimum Gasteiger partial charge on any atom is -0.489 e. The van der Waals surface area contributed by atoms with Crippen LogP contribution in [0.1, 0.15) is 11.1 Å². The minimum absolute atomic E-state index is 0.321. The Morgan fingerprint density at radius 1 is 1.08 bits per heavy atom. The number of halogens is 1. The van der Waals surface area contributed by atoms with E-state index in [1.54, 1.807) is 6.07 Å². The molecule has 25 heavy (non-hydrogen) atoms. The number of ether oxygens (including phenoxy) is 1. The third-order valence-corrected chi connectivity index (χ3v) is 3.95. The van der Waals surface area contributed by atoms with E-state index in [0.29, 0.717) is 23.2 Å². The van der Waals surface area contributed by atoms with Crippen LogP contribution in [0, 0.1) is 6.92 Å². The molecular weight excluding hydrogens is 342 g/mol. The predicted octanol–water partition coefficient (Wildman–Crippen LogP) is 3.35. The zero-order valence-electron chi connectivity index (χ0n) is 13.4. The molecule has 3 N–H and O–H groups in total. The first-order valence-corrected chi connectivity index (χ1v) is 7.96. The van der Waals surface area contributed by atoms with Crippen molar-refractivity contribution in [3.8, 4) is 5.75 Å². The molecule has 6 nitrogen and oxygen atoms in total. The van der Waals surface area contributed by atoms with Gasteiger partial charge in [0, 0.05) is 22.3 Å². The Balaban J connectivity index is 1.73.